The van der Waals surface area contributed by atoms with Crippen LogP contribution in [-0.2, 0) is 4.79 Å². The highest BCUT2D eigenvalue weighted by atomic mass is 32.1. The normalized spacial score (nSPS) is 19.8. The molecule has 0 saturated heterocycles. The van der Waals surface area contributed by atoms with Crippen molar-refractivity contribution in [3.05, 3.63) is 29.1 Å². The van der Waals surface area contributed by atoms with Crippen molar-refractivity contribution in [2.75, 3.05) is 11.9 Å². The van der Waals surface area contributed by atoms with Gasteiger partial charge in [0, 0.05) is 16.4 Å². The van der Waals surface area contributed by atoms with E-state index < -0.39 is 0 Å². The second-order valence-corrected chi connectivity index (χ2v) is 6.89. The van der Waals surface area contributed by atoms with Gasteiger partial charge in [0.05, 0.1) is 12.3 Å². The Labute approximate surface area is 134 Å². The van der Waals surface area contributed by atoms with Crippen LogP contribution >= 0.6 is 11.3 Å². The van der Waals surface area contributed by atoms with Crippen molar-refractivity contribution in [1.82, 2.24) is 4.98 Å². The van der Waals surface area contributed by atoms with Gasteiger partial charge >= 0.3 is 0 Å². The lowest BCUT2D eigenvalue weighted by Crippen LogP contribution is -2.14. The van der Waals surface area contributed by atoms with Crippen molar-refractivity contribution >= 4 is 22.4 Å². The van der Waals surface area contributed by atoms with Gasteiger partial charge in [0.1, 0.15) is 5.75 Å². The molecule has 2 atom stereocenters. The Morgan fingerprint density at radius 1 is 1.41 bits per heavy atom. The van der Waals surface area contributed by atoms with Crippen molar-refractivity contribution in [2.24, 2.45) is 11.8 Å². The number of carbonyl (C=O) groups is 1. The van der Waals surface area contributed by atoms with Gasteiger partial charge in [-0.1, -0.05) is 6.92 Å². The van der Waals surface area contributed by atoms with Gasteiger partial charge in [0.25, 0.3) is 0 Å². The third-order valence-corrected chi connectivity index (χ3v) is 4.80. The molecular weight excluding hydrogens is 296 g/mol. The van der Waals surface area contributed by atoms with Gasteiger partial charge in [0.15, 0.2) is 5.13 Å². The summed E-state index contributed by atoms with van der Waals surface area (Å²) in [5.74, 6) is 1.62. The third-order valence-electron chi connectivity index (χ3n) is 3.91. The third kappa shape index (κ3) is 3.14. The first kappa shape index (κ1) is 15.0. The standard InChI is InChI=1S/C17H20N2O2S/c1-4-21-13-7-5-12(6-8-13)15-11(3)22-17(18-15)19-16(20)14-9-10(14)2/h5-8,10,14H,4,9H2,1-3H3,(H,18,19,20)/t10-,14-/m1/s1. The van der Waals surface area contributed by atoms with Crippen LogP contribution in [0.3, 0.4) is 0 Å². The summed E-state index contributed by atoms with van der Waals surface area (Å²) in [7, 11) is 0. The zero-order chi connectivity index (χ0) is 15.7. The molecule has 1 fully saturated rings. The van der Waals surface area contributed by atoms with Gasteiger partial charge in [-0.25, -0.2) is 4.98 Å². The predicted molar refractivity (Wildman–Crippen MR) is 89.4 cm³/mol. The van der Waals surface area contributed by atoms with E-state index in [1.165, 1.54) is 11.3 Å². The minimum Gasteiger partial charge on any atom is -0.494 e. The van der Waals surface area contributed by atoms with Crippen LogP contribution in [0.4, 0.5) is 5.13 Å². The largest absolute Gasteiger partial charge is 0.494 e. The fourth-order valence-corrected chi connectivity index (χ4v) is 3.32. The number of benzene rings is 1. The van der Waals surface area contributed by atoms with Gasteiger partial charge in [-0.05, 0) is 50.5 Å². The number of carbonyl (C=O) groups excluding carboxylic acids is 1. The summed E-state index contributed by atoms with van der Waals surface area (Å²) in [6.45, 7) is 6.75. The smallest absolute Gasteiger partial charge is 0.229 e. The van der Waals surface area contributed by atoms with Crippen LogP contribution in [0.1, 0.15) is 25.1 Å². The molecule has 1 aromatic carbocycles. The number of aryl methyl sites for hydroxylation is 1. The maximum Gasteiger partial charge on any atom is 0.229 e. The van der Waals surface area contributed by atoms with Gasteiger partial charge < -0.3 is 10.1 Å². The summed E-state index contributed by atoms with van der Waals surface area (Å²) in [6, 6.07) is 7.90. The highest BCUT2D eigenvalue weighted by Crippen LogP contribution is 2.39. The fraction of sp³-hybridized carbons (Fsp3) is 0.412. The molecule has 1 amide bonds. The van der Waals surface area contributed by atoms with Crippen LogP contribution in [0.5, 0.6) is 5.75 Å². The van der Waals surface area contributed by atoms with Crippen LogP contribution in [-0.4, -0.2) is 17.5 Å². The first-order chi connectivity index (χ1) is 10.6. The molecule has 0 bridgehead atoms. The fourth-order valence-electron chi connectivity index (χ4n) is 2.48. The van der Waals surface area contributed by atoms with Crippen LogP contribution in [0.25, 0.3) is 11.3 Å². The number of amides is 1. The van der Waals surface area contributed by atoms with E-state index in [4.69, 9.17) is 4.74 Å². The Kier molecular flexibility index (Phi) is 4.16. The van der Waals surface area contributed by atoms with Crippen LogP contribution in [0.2, 0.25) is 0 Å². The van der Waals surface area contributed by atoms with E-state index in [9.17, 15) is 4.79 Å². The van der Waals surface area contributed by atoms with Crippen molar-refractivity contribution in [2.45, 2.75) is 27.2 Å². The van der Waals surface area contributed by atoms with Crippen molar-refractivity contribution < 1.29 is 9.53 Å². The first-order valence-electron chi connectivity index (χ1n) is 7.60. The van der Waals surface area contributed by atoms with E-state index in [1.54, 1.807) is 0 Å². The van der Waals surface area contributed by atoms with Gasteiger partial charge in [0.2, 0.25) is 5.91 Å². The Hall–Kier alpha value is -1.88. The highest BCUT2D eigenvalue weighted by molar-refractivity contribution is 7.16. The number of nitrogens with zero attached hydrogens (tertiary/aromatic N) is 1. The summed E-state index contributed by atoms with van der Waals surface area (Å²) in [4.78, 5) is 17.7. The summed E-state index contributed by atoms with van der Waals surface area (Å²) >= 11 is 1.52. The average molecular weight is 316 g/mol. The van der Waals surface area contributed by atoms with Crippen LogP contribution in [0.15, 0.2) is 24.3 Å². The zero-order valence-corrected chi connectivity index (χ0v) is 13.9. The van der Waals surface area contributed by atoms with Crippen LogP contribution < -0.4 is 10.1 Å². The average Bonchev–Trinajstić information content (AvgIpc) is 3.12. The molecule has 5 heteroatoms. The van der Waals surface area contributed by atoms with Gasteiger partial charge in [-0.2, -0.15) is 0 Å². The SMILES string of the molecule is CCOc1ccc(-c2nc(NC(=O)[C@@H]3C[C@H]3C)sc2C)cc1. The number of hydrogen-bond acceptors (Lipinski definition) is 4. The van der Waals surface area contributed by atoms with Gasteiger partial charge in [-0.3, -0.25) is 4.79 Å². The number of rotatable bonds is 5. The highest BCUT2D eigenvalue weighted by Gasteiger charge is 2.39. The van der Waals surface area contributed by atoms with E-state index in [0.29, 0.717) is 17.7 Å². The molecule has 0 aliphatic heterocycles. The first-order valence-corrected chi connectivity index (χ1v) is 8.41. The lowest BCUT2D eigenvalue weighted by Gasteiger charge is -2.04. The number of nitrogens with one attached hydrogen (secondary N) is 1. The van der Waals surface area contributed by atoms with E-state index in [0.717, 1.165) is 28.3 Å². The molecule has 2 aromatic rings. The molecule has 1 aliphatic rings. The van der Waals surface area contributed by atoms with Crippen molar-refractivity contribution in [3.8, 4) is 17.0 Å². The quantitative estimate of drug-likeness (QED) is 0.903. The molecule has 1 saturated carbocycles. The van der Waals surface area contributed by atoms with E-state index in [1.807, 2.05) is 38.1 Å². The molecule has 0 unspecified atom stereocenters. The monoisotopic (exact) mass is 316 g/mol. The molecule has 4 nitrogen and oxygen atoms in total. The Morgan fingerprint density at radius 3 is 2.68 bits per heavy atom. The van der Waals surface area contributed by atoms with E-state index >= 15 is 0 Å². The number of hydrogen-bond donors (Lipinski definition) is 1. The lowest BCUT2D eigenvalue weighted by molar-refractivity contribution is -0.117. The second kappa shape index (κ2) is 6.08. The van der Waals surface area contributed by atoms with Crippen molar-refractivity contribution in [1.29, 1.82) is 0 Å². The molecule has 1 heterocycles. The molecule has 1 aliphatic carbocycles. The number of anilines is 1. The molecule has 116 valence electrons. The topological polar surface area (TPSA) is 51.2 Å². The molecule has 22 heavy (non-hydrogen) atoms. The molecule has 1 N–H and O–H groups in total. The summed E-state index contributed by atoms with van der Waals surface area (Å²) in [6.07, 6.45) is 0.988. The minimum absolute atomic E-state index is 0.0968. The Morgan fingerprint density at radius 2 is 2.09 bits per heavy atom. The molecular formula is C17H20N2O2S. The van der Waals surface area contributed by atoms with Crippen LogP contribution in [0, 0.1) is 18.8 Å². The summed E-state index contributed by atoms with van der Waals surface area (Å²) in [5, 5.41) is 3.63. The molecule has 3 rings (SSSR count). The molecule has 1 aromatic heterocycles. The second-order valence-electron chi connectivity index (χ2n) is 5.69. The Bertz CT molecular complexity index is 678. The summed E-state index contributed by atoms with van der Waals surface area (Å²) in [5.41, 5.74) is 1.96. The maximum atomic E-state index is 12.0. The Balaban J connectivity index is 1.75. The summed E-state index contributed by atoms with van der Waals surface area (Å²) < 4.78 is 5.45. The zero-order valence-electron chi connectivity index (χ0n) is 13.1. The van der Waals surface area contributed by atoms with E-state index in [2.05, 4.69) is 17.2 Å². The van der Waals surface area contributed by atoms with E-state index in [-0.39, 0.29) is 11.8 Å². The maximum absolute atomic E-state index is 12.0. The van der Waals surface area contributed by atoms with Crippen molar-refractivity contribution in [3.63, 3.8) is 0 Å². The number of ether oxygens (including phenoxy) is 1. The lowest BCUT2D eigenvalue weighted by atomic mass is 10.1. The predicted octanol–water partition coefficient (Wildman–Crippen LogP) is 4.11. The number of thiazole rings is 1. The van der Waals surface area contributed by atoms with Gasteiger partial charge in [-0.15, -0.1) is 11.3 Å². The molecule has 0 spiro atoms. The molecule has 0 radical (unpaired) electrons. The number of aromatic nitrogens is 1. The minimum atomic E-state index is 0.0968.